The number of rotatable bonds is 5. The number of aryl methyl sites for hydroxylation is 1. The van der Waals surface area contributed by atoms with Crippen LogP contribution in [0.4, 0.5) is 0 Å². The van der Waals surface area contributed by atoms with Crippen molar-refractivity contribution in [3.8, 4) is 0 Å². The summed E-state index contributed by atoms with van der Waals surface area (Å²) in [6.07, 6.45) is 9.31. The zero-order valence-electron chi connectivity index (χ0n) is 13.4. The van der Waals surface area contributed by atoms with E-state index in [0.717, 1.165) is 19.0 Å². The summed E-state index contributed by atoms with van der Waals surface area (Å²) in [5.74, 6) is 0.908. The van der Waals surface area contributed by atoms with Crippen molar-refractivity contribution < 1.29 is 0 Å². The molecule has 3 atom stereocenters. The highest BCUT2D eigenvalue weighted by atomic mass is 15.1. The molecule has 1 N–H and O–H groups in total. The Kier molecular flexibility index (Phi) is 3.44. The SMILES string of the molecule is CCCn1cncc1CNC1CC2CCC1(C)C2(C)C. The first kappa shape index (κ1) is 14.1. The number of fused-ring (bicyclic) bond motifs is 2. The molecule has 2 fully saturated rings. The van der Waals surface area contributed by atoms with Gasteiger partial charge < -0.3 is 9.88 Å². The van der Waals surface area contributed by atoms with E-state index < -0.39 is 0 Å². The molecule has 1 aromatic heterocycles. The fraction of sp³-hybridized carbons (Fsp3) is 0.824. The van der Waals surface area contributed by atoms with Crippen LogP contribution < -0.4 is 5.32 Å². The lowest BCUT2D eigenvalue weighted by atomic mass is 9.69. The van der Waals surface area contributed by atoms with Gasteiger partial charge in [-0.2, -0.15) is 0 Å². The van der Waals surface area contributed by atoms with E-state index in [4.69, 9.17) is 0 Å². The Morgan fingerprint density at radius 2 is 2.20 bits per heavy atom. The number of imidazole rings is 1. The average molecular weight is 275 g/mol. The first-order chi connectivity index (χ1) is 9.49. The summed E-state index contributed by atoms with van der Waals surface area (Å²) in [7, 11) is 0. The highest BCUT2D eigenvalue weighted by Crippen LogP contribution is 2.65. The van der Waals surface area contributed by atoms with Crippen molar-refractivity contribution in [2.45, 2.75) is 72.5 Å². The van der Waals surface area contributed by atoms with Gasteiger partial charge in [0.1, 0.15) is 0 Å². The molecule has 2 bridgehead atoms. The lowest BCUT2D eigenvalue weighted by Gasteiger charge is -2.39. The molecule has 0 radical (unpaired) electrons. The van der Waals surface area contributed by atoms with Gasteiger partial charge in [-0.25, -0.2) is 4.98 Å². The summed E-state index contributed by atoms with van der Waals surface area (Å²) in [5.41, 5.74) is 2.29. The third kappa shape index (κ3) is 1.93. The molecule has 3 heteroatoms. The van der Waals surface area contributed by atoms with E-state index in [2.05, 4.69) is 42.6 Å². The van der Waals surface area contributed by atoms with E-state index in [9.17, 15) is 0 Å². The summed E-state index contributed by atoms with van der Waals surface area (Å²) in [5, 5.41) is 3.85. The second-order valence-corrected chi connectivity index (χ2v) is 7.62. The number of hydrogen-bond acceptors (Lipinski definition) is 2. The van der Waals surface area contributed by atoms with Crippen LogP contribution in [0.25, 0.3) is 0 Å². The van der Waals surface area contributed by atoms with Gasteiger partial charge >= 0.3 is 0 Å². The van der Waals surface area contributed by atoms with Crippen molar-refractivity contribution in [3.05, 3.63) is 18.2 Å². The summed E-state index contributed by atoms with van der Waals surface area (Å²) in [4.78, 5) is 4.30. The first-order valence-corrected chi connectivity index (χ1v) is 8.21. The number of nitrogens with one attached hydrogen (secondary N) is 1. The molecule has 1 heterocycles. The zero-order valence-corrected chi connectivity index (χ0v) is 13.4. The zero-order chi connectivity index (χ0) is 14.4. The van der Waals surface area contributed by atoms with Crippen LogP contribution >= 0.6 is 0 Å². The molecular formula is C17H29N3. The van der Waals surface area contributed by atoms with Crippen LogP contribution in [0.1, 0.15) is 59.1 Å². The van der Waals surface area contributed by atoms with Gasteiger partial charge in [-0.15, -0.1) is 0 Å². The smallest absolute Gasteiger partial charge is 0.0948 e. The molecule has 1 aromatic rings. The lowest BCUT2D eigenvalue weighted by molar-refractivity contribution is 0.120. The van der Waals surface area contributed by atoms with Crippen molar-refractivity contribution in [2.24, 2.45) is 16.7 Å². The van der Waals surface area contributed by atoms with Gasteiger partial charge in [0.15, 0.2) is 0 Å². The molecule has 112 valence electrons. The third-order valence-corrected chi connectivity index (χ3v) is 6.59. The lowest BCUT2D eigenvalue weighted by Crippen LogP contribution is -2.44. The second-order valence-electron chi connectivity index (χ2n) is 7.62. The number of nitrogens with zero attached hydrogens (tertiary/aromatic N) is 2. The Bertz CT molecular complexity index is 476. The quantitative estimate of drug-likeness (QED) is 0.890. The molecule has 2 saturated carbocycles. The maximum atomic E-state index is 4.30. The molecule has 0 spiro atoms. The average Bonchev–Trinajstić information content (AvgIpc) is 2.98. The predicted molar refractivity (Wildman–Crippen MR) is 82.4 cm³/mol. The van der Waals surface area contributed by atoms with E-state index in [1.54, 1.807) is 0 Å². The van der Waals surface area contributed by atoms with E-state index in [1.165, 1.54) is 31.4 Å². The summed E-state index contributed by atoms with van der Waals surface area (Å²) >= 11 is 0. The van der Waals surface area contributed by atoms with Crippen molar-refractivity contribution >= 4 is 0 Å². The molecule has 2 aliphatic rings. The minimum Gasteiger partial charge on any atom is -0.333 e. The van der Waals surface area contributed by atoms with Crippen LogP contribution in [0.3, 0.4) is 0 Å². The molecule has 20 heavy (non-hydrogen) atoms. The fourth-order valence-corrected chi connectivity index (χ4v) is 4.68. The highest BCUT2D eigenvalue weighted by molar-refractivity contribution is 5.13. The van der Waals surface area contributed by atoms with Crippen LogP contribution in [0.2, 0.25) is 0 Å². The molecule has 2 aliphatic carbocycles. The van der Waals surface area contributed by atoms with Crippen LogP contribution in [-0.2, 0) is 13.1 Å². The Labute approximate surface area is 123 Å². The minimum atomic E-state index is 0.466. The van der Waals surface area contributed by atoms with E-state index >= 15 is 0 Å². The Morgan fingerprint density at radius 3 is 2.80 bits per heavy atom. The topological polar surface area (TPSA) is 29.9 Å². The van der Waals surface area contributed by atoms with Crippen LogP contribution in [0.15, 0.2) is 12.5 Å². The fourth-order valence-electron chi connectivity index (χ4n) is 4.68. The molecule has 0 aliphatic heterocycles. The molecule has 3 nitrogen and oxygen atoms in total. The van der Waals surface area contributed by atoms with Gasteiger partial charge in [0.05, 0.1) is 12.0 Å². The third-order valence-electron chi connectivity index (χ3n) is 6.59. The van der Waals surface area contributed by atoms with E-state index in [-0.39, 0.29) is 0 Å². The maximum Gasteiger partial charge on any atom is 0.0948 e. The second kappa shape index (κ2) is 4.87. The maximum absolute atomic E-state index is 4.30. The summed E-state index contributed by atoms with van der Waals surface area (Å²) < 4.78 is 2.29. The monoisotopic (exact) mass is 275 g/mol. The van der Waals surface area contributed by atoms with Gasteiger partial charge in [-0.1, -0.05) is 27.7 Å². The highest BCUT2D eigenvalue weighted by Gasteiger charge is 2.60. The van der Waals surface area contributed by atoms with Crippen LogP contribution in [-0.4, -0.2) is 15.6 Å². The Hall–Kier alpha value is -0.830. The normalized spacial score (nSPS) is 34.8. The summed E-state index contributed by atoms with van der Waals surface area (Å²) in [6, 6.07) is 0.668. The van der Waals surface area contributed by atoms with E-state index in [1.807, 2.05) is 12.5 Å². The summed E-state index contributed by atoms with van der Waals surface area (Å²) in [6.45, 7) is 11.7. The van der Waals surface area contributed by atoms with Crippen molar-refractivity contribution in [1.82, 2.24) is 14.9 Å². The first-order valence-electron chi connectivity index (χ1n) is 8.21. The molecule has 0 aromatic carbocycles. The molecule has 3 unspecified atom stereocenters. The van der Waals surface area contributed by atoms with Gasteiger partial charge in [0.2, 0.25) is 0 Å². The van der Waals surface area contributed by atoms with Crippen LogP contribution in [0.5, 0.6) is 0 Å². The van der Waals surface area contributed by atoms with Crippen molar-refractivity contribution in [1.29, 1.82) is 0 Å². The number of aromatic nitrogens is 2. The standard InChI is InChI=1S/C17H29N3/c1-5-8-20-12-18-10-14(20)11-19-15-9-13-6-7-17(15,4)16(13,2)3/h10,12-13,15,19H,5-9,11H2,1-4H3. The van der Waals surface area contributed by atoms with Gasteiger partial charge in [0, 0.05) is 25.3 Å². The number of hydrogen-bond donors (Lipinski definition) is 1. The van der Waals surface area contributed by atoms with Gasteiger partial charge in [-0.05, 0) is 42.4 Å². The molecule has 0 amide bonds. The van der Waals surface area contributed by atoms with Crippen molar-refractivity contribution in [3.63, 3.8) is 0 Å². The molecule has 0 saturated heterocycles. The van der Waals surface area contributed by atoms with Gasteiger partial charge in [0.25, 0.3) is 0 Å². The molecule has 3 rings (SSSR count). The molecular weight excluding hydrogens is 246 g/mol. The minimum absolute atomic E-state index is 0.466. The largest absolute Gasteiger partial charge is 0.333 e. The Morgan fingerprint density at radius 1 is 1.40 bits per heavy atom. The van der Waals surface area contributed by atoms with Gasteiger partial charge in [-0.3, -0.25) is 0 Å². The Balaban J connectivity index is 1.67. The predicted octanol–water partition coefficient (Wildman–Crippen LogP) is 3.60. The van der Waals surface area contributed by atoms with E-state index in [0.29, 0.717) is 16.9 Å². The van der Waals surface area contributed by atoms with Crippen molar-refractivity contribution in [2.75, 3.05) is 0 Å². The van der Waals surface area contributed by atoms with Crippen LogP contribution in [0, 0.1) is 16.7 Å².